The van der Waals surface area contributed by atoms with Gasteiger partial charge in [-0.1, -0.05) is 13.8 Å². The molecule has 0 spiro atoms. The minimum absolute atomic E-state index is 0.108. The normalized spacial score (nSPS) is 12.6. The summed E-state index contributed by atoms with van der Waals surface area (Å²) in [5.74, 6) is -2.88. The van der Waals surface area contributed by atoms with Crippen LogP contribution in [-0.4, -0.2) is 16.9 Å². The van der Waals surface area contributed by atoms with Gasteiger partial charge in [-0.3, -0.25) is 4.79 Å². The van der Waals surface area contributed by atoms with Crippen molar-refractivity contribution in [1.29, 1.82) is 0 Å². The zero-order valence-electron chi connectivity index (χ0n) is 9.42. The van der Waals surface area contributed by atoms with Crippen LogP contribution in [0.3, 0.4) is 0 Å². The summed E-state index contributed by atoms with van der Waals surface area (Å²) in [5.41, 5.74) is -0.319. The second-order valence-electron chi connectivity index (χ2n) is 3.97. The minimum atomic E-state index is -1.26. The maximum atomic E-state index is 13.2. The second-order valence-corrected chi connectivity index (χ2v) is 3.97. The van der Waals surface area contributed by atoms with Gasteiger partial charge in [0.15, 0.2) is 5.82 Å². The quantitative estimate of drug-likeness (QED) is 0.805. The monoisotopic (exact) mass is 228 g/mol. The Bertz CT molecular complexity index is 394. The maximum absolute atomic E-state index is 13.2. The fourth-order valence-corrected chi connectivity index (χ4v) is 1.04. The van der Waals surface area contributed by atoms with E-state index in [-0.39, 0.29) is 17.5 Å². The van der Waals surface area contributed by atoms with Crippen molar-refractivity contribution in [2.24, 2.45) is 5.92 Å². The summed E-state index contributed by atoms with van der Waals surface area (Å²) < 4.78 is 26.0. The van der Waals surface area contributed by atoms with E-state index < -0.39 is 17.7 Å². The zero-order valence-corrected chi connectivity index (χ0v) is 9.42. The Kier molecular flexibility index (Phi) is 3.93. The molecule has 1 aromatic rings. The molecule has 0 aromatic carbocycles. The Morgan fingerprint density at radius 2 is 2.00 bits per heavy atom. The van der Waals surface area contributed by atoms with Gasteiger partial charge in [-0.05, 0) is 18.9 Å². The fraction of sp³-hybridized carbons (Fsp3) is 0.455. The van der Waals surface area contributed by atoms with Gasteiger partial charge in [0.05, 0.1) is 5.56 Å². The van der Waals surface area contributed by atoms with Crippen molar-refractivity contribution < 1.29 is 13.6 Å². The van der Waals surface area contributed by atoms with Crippen LogP contribution in [0.5, 0.6) is 0 Å². The molecule has 0 fully saturated rings. The first-order chi connectivity index (χ1) is 7.43. The maximum Gasteiger partial charge on any atom is 0.254 e. The third-order valence-corrected chi connectivity index (χ3v) is 2.45. The Morgan fingerprint density at radius 3 is 2.56 bits per heavy atom. The molecule has 1 heterocycles. The van der Waals surface area contributed by atoms with E-state index in [0.717, 1.165) is 12.3 Å². The Labute approximate surface area is 92.9 Å². The average molecular weight is 228 g/mol. The standard InChI is InChI=1S/C11H14F2N2O/c1-6(2)7(3)15-11(16)8-4-5-14-10(13)9(8)12/h4-7H,1-3H3,(H,15,16). The van der Waals surface area contributed by atoms with E-state index in [1.54, 1.807) is 6.92 Å². The highest BCUT2D eigenvalue weighted by Crippen LogP contribution is 2.10. The number of hydrogen-bond donors (Lipinski definition) is 1. The first kappa shape index (κ1) is 12.5. The molecule has 3 nitrogen and oxygen atoms in total. The van der Waals surface area contributed by atoms with Crippen molar-refractivity contribution in [1.82, 2.24) is 10.3 Å². The van der Waals surface area contributed by atoms with Crippen LogP contribution in [0.15, 0.2) is 12.3 Å². The third kappa shape index (κ3) is 2.74. The lowest BCUT2D eigenvalue weighted by molar-refractivity contribution is 0.0925. The largest absolute Gasteiger partial charge is 0.349 e. The van der Waals surface area contributed by atoms with Gasteiger partial charge in [0, 0.05) is 12.2 Å². The Hall–Kier alpha value is -1.52. The van der Waals surface area contributed by atoms with Gasteiger partial charge in [0.2, 0.25) is 5.95 Å². The van der Waals surface area contributed by atoms with Crippen LogP contribution < -0.4 is 5.32 Å². The molecule has 1 unspecified atom stereocenters. The number of rotatable bonds is 3. The van der Waals surface area contributed by atoms with Gasteiger partial charge >= 0.3 is 0 Å². The number of pyridine rings is 1. The van der Waals surface area contributed by atoms with Crippen LogP contribution in [-0.2, 0) is 0 Å². The Balaban J connectivity index is 2.85. The van der Waals surface area contributed by atoms with Gasteiger partial charge in [-0.25, -0.2) is 9.37 Å². The first-order valence-electron chi connectivity index (χ1n) is 5.04. The number of carbonyl (C=O) groups is 1. The molecule has 0 bridgehead atoms. The minimum Gasteiger partial charge on any atom is -0.349 e. The number of hydrogen-bond acceptors (Lipinski definition) is 2. The van der Waals surface area contributed by atoms with Crippen molar-refractivity contribution in [3.05, 3.63) is 29.6 Å². The molecule has 0 saturated carbocycles. The molecule has 16 heavy (non-hydrogen) atoms. The molecule has 1 aromatic heterocycles. The first-order valence-corrected chi connectivity index (χ1v) is 5.04. The van der Waals surface area contributed by atoms with E-state index in [9.17, 15) is 13.6 Å². The number of carbonyl (C=O) groups excluding carboxylic acids is 1. The van der Waals surface area contributed by atoms with E-state index in [2.05, 4.69) is 10.3 Å². The van der Waals surface area contributed by atoms with Crippen molar-refractivity contribution in [3.8, 4) is 0 Å². The average Bonchev–Trinajstić information content (AvgIpc) is 2.21. The summed E-state index contributed by atoms with van der Waals surface area (Å²) in [6.45, 7) is 5.65. The van der Waals surface area contributed by atoms with Gasteiger partial charge in [-0.2, -0.15) is 4.39 Å². The van der Waals surface area contributed by atoms with E-state index in [1.807, 2.05) is 13.8 Å². The summed E-state index contributed by atoms with van der Waals surface area (Å²) in [5, 5.41) is 2.59. The summed E-state index contributed by atoms with van der Waals surface area (Å²) >= 11 is 0. The van der Waals surface area contributed by atoms with E-state index in [1.165, 1.54) is 0 Å². The molecule has 1 rings (SSSR count). The lowest BCUT2D eigenvalue weighted by atomic mass is 10.1. The van der Waals surface area contributed by atoms with Crippen LogP contribution >= 0.6 is 0 Å². The summed E-state index contributed by atoms with van der Waals surface area (Å²) in [7, 11) is 0. The molecule has 1 amide bonds. The highest BCUT2D eigenvalue weighted by Gasteiger charge is 2.18. The number of nitrogens with zero attached hydrogens (tertiary/aromatic N) is 1. The summed E-state index contributed by atoms with van der Waals surface area (Å²) in [6, 6.07) is 1.05. The molecule has 5 heteroatoms. The molecule has 0 aliphatic rings. The predicted molar refractivity (Wildman–Crippen MR) is 55.9 cm³/mol. The van der Waals surface area contributed by atoms with E-state index >= 15 is 0 Å². The number of aromatic nitrogens is 1. The lowest BCUT2D eigenvalue weighted by Gasteiger charge is -2.17. The molecule has 0 radical (unpaired) electrons. The van der Waals surface area contributed by atoms with Crippen LogP contribution in [0.1, 0.15) is 31.1 Å². The van der Waals surface area contributed by atoms with Gasteiger partial charge in [0.25, 0.3) is 5.91 Å². The highest BCUT2D eigenvalue weighted by molar-refractivity contribution is 5.94. The highest BCUT2D eigenvalue weighted by atomic mass is 19.2. The third-order valence-electron chi connectivity index (χ3n) is 2.45. The summed E-state index contributed by atoms with van der Waals surface area (Å²) in [6.07, 6.45) is 1.06. The SMILES string of the molecule is CC(C)C(C)NC(=O)c1ccnc(F)c1F. The van der Waals surface area contributed by atoms with E-state index in [0.29, 0.717) is 0 Å². The number of amides is 1. The Morgan fingerprint density at radius 1 is 1.38 bits per heavy atom. The van der Waals surface area contributed by atoms with Crippen LogP contribution in [0, 0.1) is 17.7 Å². The zero-order chi connectivity index (χ0) is 12.3. The van der Waals surface area contributed by atoms with Crippen molar-refractivity contribution in [3.63, 3.8) is 0 Å². The van der Waals surface area contributed by atoms with Crippen LogP contribution in [0.4, 0.5) is 8.78 Å². The molecule has 0 aliphatic carbocycles. The lowest BCUT2D eigenvalue weighted by Crippen LogP contribution is -2.36. The molecule has 0 saturated heterocycles. The van der Waals surface area contributed by atoms with Crippen molar-refractivity contribution in [2.75, 3.05) is 0 Å². The number of halogens is 2. The van der Waals surface area contributed by atoms with Gasteiger partial charge in [-0.15, -0.1) is 0 Å². The van der Waals surface area contributed by atoms with E-state index in [4.69, 9.17) is 0 Å². The smallest absolute Gasteiger partial charge is 0.254 e. The topological polar surface area (TPSA) is 42.0 Å². The molecule has 88 valence electrons. The number of nitrogens with one attached hydrogen (secondary N) is 1. The molecular weight excluding hydrogens is 214 g/mol. The molecular formula is C11H14F2N2O. The van der Waals surface area contributed by atoms with Gasteiger partial charge in [0.1, 0.15) is 0 Å². The predicted octanol–water partition coefficient (Wildman–Crippen LogP) is 2.13. The summed E-state index contributed by atoms with van der Waals surface area (Å²) in [4.78, 5) is 14.7. The van der Waals surface area contributed by atoms with Crippen molar-refractivity contribution in [2.45, 2.75) is 26.8 Å². The van der Waals surface area contributed by atoms with Crippen LogP contribution in [0.2, 0.25) is 0 Å². The fourth-order valence-electron chi connectivity index (χ4n) is 1.04. The van der Waals surface area contributed by atoms with Crippen LogP contribution in [0.25, 0.3) is 0 Å². The van der Waals surface area contributed by atoms with Gasteiger partial charge < -0.3 is 5.32 Å². The molecule has 1 atom stereocenters. The molecule has 1 N–H and O–H groups in total. The second kappa shape index (κ2) is 5.01. The van der Waals surface area contributed by atoms with Crippen molar-refractivity contribution >= 4 is 5.91 Å². The molecule has 0 aliphatic heterocycles.